The average molecular weight is 396 g/mol. The fraction of sp³-hybridized carbons (Fsp3) is 0.600. The molecule has 1 aromatic carbocycles. The third-order valence-electron chi connectivity index (χ3n) is 5.93. The maximum absolute atomic E-state index is 13.1. The topological polar surface area (TPSA) is 75.9 Å². The van der Waals surface area contributed by atoms with Crippen molar-refractivity contribution in [3.63, 3.8) is 0 Å². The molecule has 3 rings (SSSR count). The molecule has 2 aliphatic rings. The minimum atomic E-state index is -0.482. The Bertz CT molecular complexity index is 627. The van der Waals surface area contributed by atoms with Crippen molar-refractivity contribution >= 4 is 24.2 Å². The fourth-order valence-corrected chi connectivity index (χ4v) is 4.03. The van der Waals surface area contributed by atoms with Crippen LogP contribution in [0.3, 0.4) is 0 Å². The molecule has 2 fully saturated rings. The number of piperidine rings is 1. The summed E-state index contributed by atoms with van der Waals surface area (Å²) in [5.74, 6) is 0.206. The van der Waals surface area contributed by atoms with E-state index in [2.05, 4.69) is 0 Å². The Kier molecular flexibility index (Phi) is 7.65. The van der Waals surface area contributed by atoms with Crippen LogP contribution in [0.4, 0.5) is 0 Å². The zero-order valence-corrected chi connectivity index (χ0v) is 16.7. The molecule has 0 radical (unpaired) electrons. The van der Waals surface area contributed by atoms with Crippen LogP contribution >= 0.6 is 12.4 Å². The first-order chi connectivity index (χ1) is 12.6. The van der Waals surface area contributed by atoms with E-state index in [1.165, 1.54) is 0 Å². The normalized spacial score (nSPS) is 19.9. The minimum absolute atomic E-state index is 0. The molecule has 0 aromatic heterocycles. The van der Waals surface area contributed by atoms with E-state index in [9.17, 15) is 9.59 Å². The van der Waals surface area contributed by atoms with Gasteiger partial charge in [-0.3, -0.25) is 9.59 Å². The van der Waals surface area contributed by atoms with E-state index < -0.39 is 5.41 Å². The van der Waals surface area contributed by atoms with E-state index in [0.717, 1.165) is 18.4 Å². The number of hydrogen-bond acceptors (Lipinski definition) is 4. The number of carbonyl (C=O) groups excluding carboxylic acids is 2. The summed E-state index contributed by atoms with van der Waals surface area (Å²) >= 11 is 0. The molecule has 1 aromatic rings. The first-order valence-electron chi connectivity index (χ1n) is 9.47. The van der Waals surface area contributed by atoms with Gasteiger partial charge in [-0.25, -0.2) is 0 Å². The van der Waals surface area contributed by atoms with Crippen molar-refractivity contribution in [3.8, 4) is 0 Å². The second kappa shape index (κ2) is 9.53. The van der Waals surface area contributed by atoms with Gasteiger partial charge in [-0.15, -0.1) is 12.4 Å². The number of amides is 2. The average Bonchev–Trinajstić information content (AvgIpc) is 2.73. The van der Waals surface area contributed by atoms with Crippen molar-refractivity contribution in [3.05, 3.63) is 35.9 Å². The smallest absolute Gasteiger partial charge is 0.253 e. The van der Waals surface area contributed by atoms with Gasteiger partial charge in [0.2, 0.25) is 5.91 Å². The monoisotopic (exact) mass is 395 g/mol. The summed E-state index contributed by atoms with van der Waals surface area (Å²) in [5.41, 5.74) is 6.22. The van der Waals surface area contributed by atoms with E-state index in [4.69, 9.17) is 10.5 Å². The molecule has 2 amide bonds. The molecule has 0 saturated carbocycles. The lowest BCUT2D eigenvalue weighted by Crippen LogP contribution is -2.54. The fourth-order valence-electron chi connectivity index (χ4n) is 4.03. The number of ether oxygens (including phenoxy) is 1. The summed E-state index contributed by atoms with van der Waals surface area (Å²) in [6.07, 6.45) is 2.99. The zero-order chi connectivity index (χ0) is 18.6. The predicted octanol–water partition coefficient (Wildman–Crippen LogP) is 1.93. The number of nitrogens with zero attached hydrogens (tertiary/aromatic N) is 2. The number of hydrogen-bond donors (Lipinski definition) is 1. The Hall–Kier alpha value is -1.63. The van der Waals surface area contributed by atoms with Gasteiger partial charge in [0.05, 0.1) is 5.41 Å². The quantitative estimate of drug-likeness (QED) is 0.845. The standard InChI is InChI=1S/C20H29N3O3.ClH/c1-22(19(25)20(15-21)9-13-26-14-10-20)17-7-11-23(12-8-17)18(24)16-5-3-2-4-6-16;/h2-6,17H,7-15,21H2,1H3;1H. The molecule has 0 spiro atoms. The largest absolute Gasteiger partial charge is 0.381 e. The van der Waals surface area contributed by atoms with Crippen LogP contribution < -0.4 is 5.73 Å². The van der Waals surface area contributed by atoms with Gasteiger partial charge in [0.25, 0.3) is 5.91 Å². The van der Waals surface area contributed by atoms with Gasteiger partial charge in [0.1, 0.15) is 0 Å². The van der Waals surface area contributed by atoms with E-state index >= 15 is 0 Å². The summed E-state index contributed by atoms with van der Waals surface area (Å²) in [4.78, 5) is 29.4. The minimum Gasteiger partial charge on any atom is -0.381 e. The second-order valence-corrected chi connectivity index (χ2v) is 7.40. The molecule has 150 valence electrons. The number of rotatable bonds is 4. The highest BCUT2D eigenvalue weighted by Gasteiger charge is 2.42. The molecule has 2 saturated heterocycles. The molecular weight excluding hydrogens is 366 g/mol. The summed E-state index contributed by atoms with van der Waals surface area (Å²) in [6, 6.07) is 9.53. The Labute approximate surface area is 167 Å². The second-order valence-electron chi connectivity index (χ2n) is 7.40. The number of benzene rings is 1. The summed E-state index contributed by atoms with van der Waals surface area (Å²) in [6.45, 7) is 2.91. The third-order valence-corrected chi connectivity index (χ3v) is 5.93. The van der Waals surface area contributed by atoms with E-state index in [0.29, 0.717) is 45.7 Å². The molecule has 0 aliphatic carbocycles. The first-order valence-corrected chi connectivity index (χ1v) is 9.47. The van der Waals surface area contributed by atoms with E-state index in [1.54, 1.807) is 0 Å². The molecule has 0 atom stereocenters. The van der Waals surface area contributed by atoms with Gasteiger partial charge < -0.3 is 20.3 Å². The van der Waals surface area contributed by atoms with Crippen LogP contribution in [0.15, 0.2) is 30.3 Å². The Morgan fingerprint density at radius 2 is 1.78 bits per heavy atom. The van der Waals surface area contributed by atoms with Crippen molar-refractivity contribution in [2.24, 2.45) is 11.1 Å². The molecule has 7 heteroatoms. The summed E-state index contributed by atoms with van der Waals surface area (Å²) < 4.78 is 5.41. The van der Waals surface area contributed by atoms with Crippen LogP contribution in [0.5, 0.6) is 0 Å². The Morgan fingerprint density at radius 3 is 2.33 bits per heavy atom. The molecule has 2 aliphatic heterocycles. The number of nitrogens with two attached hydrogens (primary N) is 1. The lowest BCUT2D eigenvalue weighted by Gasteiger charge is -2.42. The van der Waals surface area contributed by atoms with Crippen LogP contribution in [-0.2, 0) is 9.53 Å². The van der Waals surface area contributed by atoms with Crippen LogP contribution in [-0.4, -0.2) is 67.6 Å². The van der Waals surface area contributed by atoms with Crippen molar-refractivity contribution in [2.75, 3.05) is 39.9 Å². The predicted molar refractivity (Wildman–Crippen MR) is 107 cm³/mol. The highest BCUT2D eigenvalue weighted by atomic mass is 35.5. The van der Waals surface area contributed by atoms with Gasteiger partial charge >= 0.3 is 0 Å². The van der Waals surface area contributed by atoms with Crippen LogP contribution in [0, 0.1) is 5.41 Å². The van der Waals surface area contributed by atoms with Crippen LogP contribution in [0.2, 0.25) is 0 Å². The maximum atomic E-state index is 13.1. The molecule has 2 N–H and O–H groups in total. The van der Waals surface area contributed by atoms with Crippen molar-refractivity contribution in [1.29, 1.82) is 0 Å². The molecule has 2 heterocycles. The van der Waals surface area contributed by atoms with Crippen molar-refractivity contribution < 1.29 is 14.3 Å². The molecule has 0 bridgehead atoms. The molecular formula is C20H30ClN3O3. The molecule has 27 heavy (non-hydrogen) atoms. The Morgan fingerprint density at radius 1 is 1.19 bits per heavy atom. The Balaban J connectivity index is 0.00000261. The summed E-state index contributed by atoms with van der Waals surface area (Å²) in [5, 5.41) is 0. The highest BCUT2D eigenvalue weighted by Crippen LogP contribution is 2.33. The van der Waals surface area contributed by atoms with E-state index in [-0.39, 0.29) is 30.3 Å². The summed E-state index contributed by atoms with van der Waals surface area (Å²) in [7, 11) is 1.88. The number of halogens is 1. The van der Waals surface area contributed by atoms with Crippen LogP contribution in [0.25, 0.3) is 0 Å². The first kappa shape index (κ1) is 21.7. The van der Waals surface area contributed by atoms with Gasteiger partial charge in [0.15, 0.2) is 0 Å². The number of likely N-dealkylation sites (tertiary alicyclic amines) is 1. The van der Waals surface area contributed by atoms with Gasteiger partial charge in [-0.2, -0.15) is 0 Å². The molecule has 6 nitrogen and oxygen atoms in total. The SMILES string of the molecule is CN(C(=O)C1(CN)CCOCC1)C1CCN(C(=O)c2ccccc2)CC1.Cl. The third kappa shape index (κ3) is 4.62. The van der Waals surface area contributed by atoms with Gasteiger partial charge in [-0.05, 0) is 37.8 Å². The van der Waals surface area contributed by atoms with Crippen molar-refractivity contribution in [1.82, 2.24) is 9.80 Å². The zero-order valence-electron chi connectivity index (χ0n) is 15.9. The lowest BCUT2D eigenvalue weighted by molar-refractivity contribution is -0.148. The van der Waals surface area contributed by atoms with Crippen LogP contribution in [0.1, 0.15) is 36.0 Å². The van der Waals surface area contributed by atoms with Crippen molar-refractivity contribution in [2.45, 2.75) is 31.7 Å². The highest BCUT2D eigenvalue weighted by molar-refractivity contribution is 5.94. The maximum Gasteiger partial charge on any atom is 0.253 e. The van der Waals surface area contributed by atoms with Gasteiger partial charge in [0, 0.05) is 51.5 Å². The number of carbonyl (C=O) groups is 2. The lowest BCUT2D eigenvalue weighted by atomic mass is 9.78. The molecule has 0 unspecified atom stereocenters. The van der Waals surface area contributed by atoms with Gasteiger partial charge in [-0.1, -0.05) is 18.2 Å². The van der Waals surface area contributed by atoms with E-state index in [1.807, 2.05) is 47.2 Å².